The van der Waals surface area contributed by atoms with E-state index in [0.29, 0.717) is 11.8 Å². The van der Waals surface area contributed by atoms with Gasteiger partial charge >= 0.3 is 26.6 Å². The van der Waals surface area contributed by atoms with Gasteiger partial charge in [-0.15, -0.1) is 0 Å². The Morgan fingerprint density at radius 3 is 2.26 bits per heavy atom. The van der Waals surface area contributed by atoms with Crippen LogP contribution in [0.1, 0.15) is 73.1 Å². The molecular weight excluding hydrogens is 499 g/mol. The van der Waals surface area contributed by atoms with Crippen LogP contribution in [0.2, 0.25) is 0 Å². The van der Waals surface area contributed by atoms with Gasteiger partial charge in [-0.25, -0.2) is 0 Å². The molecule has 2 saturated heterocycles. The Kier molecular flexibility index (Phi) is 7.79. The third-order valence-electron chi connectivity index (χ3n) is 5.77. The minimum absolute atomic E-state index is 0. The molecule has 0 saturated carbocycles. The standard InChI is InChI=1S/C18H37NO2Si.Po.2H/c1-6-7-9-18(22)15(20)14(8-10-21-18)13-11-16(2,3)19-17(4,5)12-13;;;/h13-15,19-20H,6-12H2,1-5,22H3;;;. The Morgan fingerprint density at radius 2 is 1.74 bits per heavy atom. The molecule has 0 aromatic heterocycles. The van der Waals surface area contributed by atoms with Crippen molar-refractivity contribution in [3.63, 3.8) is 0 Å². The quantitative estimate of drug-likeness (QED) is 0.530. The van der Waals surface area contributed by atoms with Crippen molar-refractivity contribution >= 4 is 36.8 Å². The van der Waals surface area contributed by atoms with Crippen molar-refractivity contribution in [2.24, 2.45) is 11.8 Å². The first-order chi connectivity index (χ1) is 10.1. The van der Waals surface area contributed by atoms with E-state index in [0.717, 1.165) is 49.0 Å². The van der Waals surface area contributed by atoms with Crippen molar-refractivity contribution in [1.82, 2.24) is 5.32 Å². The molecule has 3 atom stereocenters. The average molecular weight is 539 g/mol. The zero-order valence-corrected chi connectivity index (χ0v) is 21.9. The summed E-state index contributed by atoms with van der Waals surface area (Å²) in [4.78, 5) is 0. The van der Waals surface area contributed by atoms with E-state index < -0.39 is 0 Å². The predicted octanol–water partition coefficient (Wildman–Crippen LogP) is 1.28. The van der Waals surface area contributed by atoms with Crippen molar-refractivity contribution in [1.29, 1.82) is 0 Å². The molecule has 5 heteroatoms. The Hall–Kier alpha value is 0.993. The summed E-state index contributed by atoms with van der Waals surface area (Å²) in [7, 11) is 0.924. The summed E-state index contributed by atoms with van der Waals surface area (Å²) in [5.41, 5.74) is 0.309. The second-order valence-electron chi connectivity index (χ2n) is 9.22. The Balaban J connectivity index is 0.00000264. The summed E-state index contributed by atoms with van der Waals surface area (Å²) >= 11 is 0. The van der Waals surface area contributed by atoms with E-state index in [1.165, 1.54) is 6.42 Å². The molecule has 2 N–H and O–H groups in total. The first-order valence-corrected chi connectivity index (χ1v) is 10.2. The molecule has 138 valence electrons. The van der Waals surface area contributed by atoms with E-state index in [9.17, 15) is 5.11 Å². The number of piperidine rings is 1. The molecule has 0 spiro atoms. The number of aliphatic hydroxyl groups is 1. The molecule has 0 radical (unpaired) electrons. The maximum absolute atomic E-state index is 11.1. The normalized spacial score (nSPS) is 37.3. The molecule has 2 aliphatic rings. The number of nitrogens with one attached hydrogen (secondary N) is 1. The Bertz CT molecular complexity index is 375. The van der Waals surface area contributed by atoms with Gasteiger partial charge in [0.2, 0.25) is 0 Å². The Labute approximate surface area is 165 Å². The minimum atomic E-state index is -0.269. The van der Waals surface area contributed by atoms with Gasteiger partial charge in [-0.2, -0.15) is 0 Å². The van der Waals surface area contributed by atoms with Crippen LogP contribution in [0.4, 0.5) is 0 Å². The van der Waals surface area contributed by atoms with Crippen molar-refractivity contribution < 1.29 is 9.84 Å². The Morgan fingerprint density at radius 1 is 1.17 bits per heavy atom. The van der Waals surface area contributed by atoms with Gasteiger partial charge < -0.3 is 15.2 Å². The third-order valence-corrected chi connectivity index (χ3v) is 7.15. The molecule has 0 aromatic rings. The van der Waals surface area contributed by atoms with E-state index >= 15 is 0 Å². The first-order valence-electron chi connectivity index (χ1n) is 9.20. The fourth-order valence-electron chi connectivity index (χ4n) is 5.07. The van der Waals surface area contributed by atoms with Crippen LogP contribution in [0.15, 0.2) is 0 Å². The molecule has 2 fully saturated rings. The van der Waals surface area contributed by atoms with E-state index in [-0.39, 0.29) is 49.0 Å². The van der Waals surface area contributed by atoms with Gasteiger partial charge in [0, 0.05) is 27.9 Å². The van der Waals surface area contributed by atoms with E-state index in [1.807, 2.05) is 0 Å². The number of rotatable bonds is 4. The number of unbranched alkanes of at least 4 members (excludes halogenated alkanes) is 1. The van der Waals surface area contributed by atoms with Crippen LogP contribution in [-0.2, 0) is 4.74 Å². The molecule has 0 aromatic carbocycles. The van der Waals surface area contributed by atoms with Gasteiger partial charge in [0.15, 0.2) is 0 Å². The average Bonchev–Trinajstić information content (AvgIpc) is 2.36. The van der Waals surface area contributed by atoms with Gasteiger partial charge in [-0.05, 0) is 65.2 Å². The number of hydrogen-bond donors (Lipinski definition) is 2. The molecule has 3 unspecified atom stereocenters. The zero-order valence-electron chi connectivity index (χ0n) is 16.0. The fourth-order valence-corrected chi connectivity index (χ4v) is 6.06. The van der Waals surface area contributed by atoms with Crippen LogP contribution in [-0.4, -0.2) is 70.9 Å². The molecule has 2 aliphatic heterocycles. The molecule has 23 heavy (non-hydrogen) atoms. The topological polar surface area (TPSA) is 41.5 Å². The van der Waals surface area contributed by atoms with Crippen LogP contribution in [0.5, 0.6) is 0 Å². The molecule has 0 bridgehead atoms. The number of ether oxygens (including phenoxy) is 1. The van der Waals surface area contributed by atoms with Gasteiger partial charge in [-0.1, -0.05) is 19.8 Å². The molecule has 2 heterocycles. The van der Waals surface area contributed by atoms with E-state index in [4.69, 9.17) is 4.74 Å². The fraction of sp³-hybridized carbons (Fsp3) is 1.00. The van der Waals surface area contributed by atoms with Crippen molar-refractivity contribution in [3.05, 3.63) is 0 Å². The van der Waals surface area contributed by atoms with Crippen LogP contribution in [0.3, 0.4) is 0 Å². The van der Waals surface area contributed by atoms with Gasteiger partial charge in [-0.3, -0.25) is 0 Å². The summed E-state index contributed by atoms with van der Waals surface area (Å²) in [5.74, 6) is 1.00. The monoisotopic (exact) mass is 538 g/mol. The number of hydrogen-bond acceptors (Lipinski definition) is 3. The SMILES string of the molecule is CCCCC1([SiH3])OCCC(C2CC(C)(C)NC(C)(C)C2)C1O.[PoH2]. The van der Waals surface area contributed by atoms with Crippen LogP contribution >= 0.6 is 0 Å². The summed E-state index contributed by atoms with van der Waals surface area (Å²) in [6, 6.07) is 0. The zero-order chi connectivity index (χ0) is 16.6. The van der Waals surface area contributed by atoms with Gasteiger partial charge in [0.05, 0.1) is 11.3 Å². The molecule has 2 rings (SSSR count). The molecule has 0 amide bonds. The number of aliphatic hydroxyl groups excluding tert-OH is 1. The van der Waals surface area contributed by atoms with Gasteiger partial charge in [0.1, 0.15) is 0 Å². The maximum atomic E-state index is 11.1. The van der Waals surface area contributed by atoms with Crippen LogP contribution in [0.25, 0.3) is 0 Å². The second kappa shape index (κ2) is 8.13. The summed E-state index contributed by atoms with van der Waals surface area (Å²) in [6.45, 7) is 12.3. The third kappa shape index (κ3) is 5.48. The summed E-state index contributed by atoms with van der Waals surface area (Å²) < 4.78 is 6.10. The van der Waals surface area contributed by atoms with Crippen molar-refractivity contribution in [3.8, 4) is 0 Å². The van der Waals surface area contributed by atoms with E-state index in [1.54, 1.807) is 0 Å². The van der Waals surface area contributed by atoms with Crippen molar-refractivity contribution in [2.75, 3.05) is 6.61 Å². The van der Waals surface area contributed by atoms with Crippen LogP contribution in [0, 0.1) is 11.8 Å². The van der Waals surface area contributed by atoms with Gasteiger partial charge in [0.25, 0.3) is 0 Å². The van der Waals surface area contributed by atoms with Crippen LogP contribution < -0.4 is 5.32 Å². The summed E-state index contributed by atoms with van der Waals surface area (Å²) in [6.07, 6.45) is 6.44. The predicted molar refractivity (Wildman–Crippen MR) is 105 cm³/mol. The van der Waals surface area contributed by atoms with E-state index in [2.05, 4.69) is 39.9 Å². The molecule has 3 nitrogen and oxygen atoms in total. The van der Waals surface area contributed by atoms with Crippen molar-refractivity contribution in [2.45, 2.75) is 95.5 Å². The molecular formula is C18H39NO2PoSi. The molecule has 0 aliphatic carbocycles. The first kappa shape index (κ1) is 22.0. The summed E-state index contributed by atoms with van der Waals surface area (Å²) in [5, 5.41) is 14.7. The second-order valence-corrected chi connectivity index (χ2v) is 10.9.